The maximum Gasteiger partial charge on any atom is 0.274 e. The first-order valence-corrected chi connectivity index (χ1v) is 3.77. The van der Waals surface area contributed by atoms with E-state index in [1.165, 1.54) is 6.07 Å². The minimum atomic E-state index is -0.393. The van der Waals surface area contributed by atoms with E-state index in [9.17, 15) is 10.1 Å². The molecule has 2 rings (SSSR count). The van der Waals surface area contributed by atoms with E-state index in [1.54, 1.807) is 19.2 Å². The summed E-state index contributed by atoms with van der Waals surface area (Å²) in [7, 11) is 0. The summed E-state index contributed by atoms with van der Waals surface area (Å²) in [6.07, 6.45) is 1.64. The van der Waals surface area contributed by atoms with Gasteiger partial charge in [0.15, 0.2) is 0 Å². The average Bonchev–Trinajstić information content (AvgIpc) is 2.52. The highest BCUT2D eigenvalue weighted by atomic mass is 16.6. The van der Waals surface area contributed by atoms with E-state index in [1.807, 2.05) is 0 Å². The Kier molecular flexibility index (Phi) is 1.51. The Morgan fingerprint density at radius 1 is 1.54 bits per heavy atom. The number of rotatable bonds is 1. The summed E-state index contributed by atoms with van der Waals surface area (Å²) in [5, 5.41) is 18.0. The first-order valence-electron chi connectivity index (χ1n) is 3.77. The molecule has 0 amide bonds. The number of H-pyrrole nitrogens is 1. The minimum absolute atomic E-state index is 0.122. The SMILES string of the molecule is Cc1c([N+](=O)[O-])ccc2cn[nH]c12. The van der Waals surface area contributed by atoms with Crippen LogP contribution >= 0.6 is 0 Å². The van der Waals surface area contributed by atoms with Crippen LogP contribution in [0.3, 0.4) is 0 Å². The third-order valence-electron chi connectivity index (χ3n) is 2.05. The van der Waals surface area contributed by atoms with E-state index in [-0.39, 0.29) is 5.69 Å². The van der Waals surface area contributed by atoms with Crippen molar-refractivity contribution in [3.05, 3.63) is 34.0 Å². The van der Waals surface area contributed by atoms with Gasteiger partial charge in [-0.05, 0) is 13.0 Å². The molecular formula is C8H7N3O2. The lowest BCUT2D eigenvalue weighted by atomic mass is 10.1. The number of fused-ring (bicyclic) bond motifs is 1. The Balaban J connectivity index is 2.80. The fourth-order valence-corrected chi connectivity index (χ4v) is 1.34. The predicted octanol–water partition coefficient (Wildman–Crippen LogP) is 1.78. The van der Waals surface area contributed by atoms with Crippen LogP contribution in [0.2, 0.25) is 0 Å². The first-order chi connectivity index (χ1) is 6.20. The van der Waals surface area contributed by atoms with Crippen molar-refractivity contribution in [3.63, 3.8) is 0 Å². The number of nitrogens with zero attached hydrogens (tertiary/aromatic N) is 2. The second-order valence-electron chi connectivity index (χ2n) is 2.80. The van der Waals surface area contributed by atoms with Gasteiger partial charge in [0.1, 0.15) is 0 Å². The van der Waals surface area contributed by atoms with Gasteiger partial charge in [0.05, 0.1) is 22.2 Å². The second-order valence-corrected chi connectivity index (χ2v) is 2.80. The molecule has 0 bridgehead atoms. The molecule has 1 aromatic heterocycles. The van der Waals surface area contributed by atoms with Crippen molar-refractivity contribution >= 4 is 16.6 Å². The first kappa shape index (κ1) is 7.72. The third-order valence-corrected chi connectivity index (χ3v) is 2.05. The standard InChI is InChI=1S/C8H7N3O2/c1-5-7(11(12)13)3-2-6-4-9-10-8(5)6/h2-4H,1H3,(H,9,10). The van der Waals surface area contributed by atoms with E-state index < -0.39 is 4.92 Å². The molecular weight excluding hydrogens is 170 g/mol. The summed E-state index contributed by atoms with van der Waals surface area (Å²) in [4.78, 5) is 10.2. The van der Waals surface area contributed by atoms with Crippen molar-refractivity contribution in [3.8, 4) is 0 Å². The number of aryl methyl sites for hydroxylation is 1. The molecule has 13 heavy (non-hydrogen) atoms. The van der Waals surface area contributed by atoms with Gasteiger partial charge in [-0.25, -0.2) is 0 Å². The van der Waals surface area contributed by atoms with E-state index in [2.05, 4.69) is 10.2 Å². The summed E-state index contributed by atoms with van der Waals surface area (Å²) in [6, 6.07) is 3.18. The van der Waals surface area contributed by atoms with E-state index in [0.717, 1.165) is 10.9 Å². The lowest BCUT2D eigenvalue weighted by Crippen LogP contribution is -1.91. The second kappa shape index (κ2) is 2.55. The molecule has 5 heteroatoms. The lowest BCUT2D eigenvalue weighted by Gasteiger charge is -1.96. The minimum Gasteiger partial charge on any atom is -0.277 e. The molecule has 5 nitrogen and oxygen atoms in total. The van der Waals surface area contributed by atoms with Crippen LogP contribution in [0.1, 0.15) is 5.56 Å². The van der Waals surface area contributed by atoms with E-state index in [4.69, 9.17) is 0 Å². The number of nitrogens with one attached hydrogen (secondary N) is 1. The van der Waals surface area contributed by atoms with E-state index in [0.29, 0.717) is 5.56 Å². The molecule has 0 radical (unpaired) electrons. The monoisotopic (exact) mass is 177 g/mol. The van der Waals surface area contributed by atoms with Crippen LogP contribution in [0.5, 0.6) is 0 Å². The summed E-state index contributed by atoms with van der Waals surface area (Å²) in [5.41, 5.74) is 1.48. The lowest BCUT2D eigenvalue weighted by molar-refractivity contribution is -0.385. The normalized spacial score (nSPS) is 10.5. The van der Waals surface area contributed by atoms with Gasteiger partial charge in [0.25, 0.3) is 5.69 Å². The molecule has 66 valence electrons. The van der Waals surface area contributed by atoms with Crippen molar-refractivity contribution in [2.75, 3.05) is 0 Å². The van der Waals surface area contributed by atoms with Crippen LogP contribution in [0.25, 0.3) is 10.9 Å². The number of benzene rings is 1. The van der Waals surface area contributed by atoms with Gasteiger partial charge in [-0.3, -0.25) is 15.2 Å². The third kappa shape index (κ3) is 1.05. The maximum absolute atomic E-state index is 10.6. The number of hydrogen-bond donors (Lipinski definition) is 1. The molecule has 0 aliphatic rings. The molecule has 0 aliphatic heterocycles. The topological polar surface area (TPSA) is 71.8 Å². The molecule has 0 saturated carbocycles. The molecule has 0 aliphatic carbocycles. The Morgan fingerprint density at radius 3 is 3.00 bits per heavy atom. The van der Waals surface area contributed by atoms with Gasteiger partial charge in [-0.1, -0.05) is 0 Å². The van der Waals surface area contributed by atoms with Crippen molar-refractivity contribution in [1.82, 2.24) is 10.2 Å². The molecule has 0 saturated heterocycles. The molecule has 2 aromatic rings. The number of nitro groups is 1. The van der Waals surface area contributed by atoms with Crippen LogP contribution in [-0.2, 0) is 0 Å². The molecule has 0 unspecified atom stereocenters. The van der Waals surface area contributed by atoms with Crippen molar-refractivity contribution in [1.29, 1.82) is 0 Å². The zero-order chi connectivity index (χ0) is 9.42. The van der Waals surface area contributed by atoms with Crippen LogP contribution in [0, 0.1) is 17.0 Å². The van der Waals surface area contributed by atoms with Gasteiger partial charge in [0.2, 0.25) is 0 Å². The highest BCUT2D eigenvalue weighted by Crippen LogP contribution is 2.24. The summed E-state index contributed by atoms with van der Waals surface area (Å²) >= 11 is 0. The number of nitro benzene ring substituents is 1. The summed E-state index contributed by atoms with van der Waals surface area (Å²) in [5.74, 6) is 0. The predicted molar refractivity (Wildman–Crippen MR) is 47.5 cm³/mol. The van der Waals surface area contributed by atoms with Gasteiger partial charge in [-0.15, -0.1) is 0 Å². The molecule has 1 N–H and O–H groups in total. The number of aromatic amines is 1. The van der Waals surface area contributed by atoms with Gasteiger partial charge in [-0.2, -0.15) is 5.10 Å². The van der Waals surface area contributed by atoms with Crippen LogP contribution in [0.4, 0.5) is 5.69 Å². The Morgan fingerprint density at radius 2 is 2.31 bits per heavy atom. The van der Waals surface area contributed by atoms with Crippen LogP contribution in [0.15, 0.2) is 18.3 Å². The molecule has 0 fully saturated rings. The molecule has 0 spiro atoms. The zero-order valence-electron chi connectivity index (χ0n) is 6.94. The zero-order valence-corrected chi connectivity index (χ0v) is 6.94. The van der Waals surface area contributed by atoms with Crippen molar-refractivity contribution < 1.29 is 4.92 Å². The Labute approximate surface area is 73.5 Å². The summed E-state index contributed by atoms with van der Waals surface area (Å²) in [6.45, 7) is 1.71. The highest BCUT2D eigenvalue weighted by molar-refractivity contribution is 5.84. The average molecular weight is 177 g/mol. The Hall–Kier alpha value is -1.91. The largest absolute Gasteiger partial charge is 0.277 e. The van der Waals surface area contributed by atoms with Crippen LogP contribution < -0.4 is 0 Å². The van der Waals surface area contributed by atoms with Gasteiger partial charge >= 0.3 is 0 Å². The van der Waals surface area contributed by atoms with Gasteiger partial charge < -0.3 is 0 Å². The fourth-order valence-electron chi connectivity index (χ4n) is 1.34. The fraction of sp³-hybridized carbons (Fsp3) is 0.125. The Bertz CT molecular complexity index is 475. The quantitative estimate of drug-likeness (QED) is 0.533. The van der Waals surface area contributed by atoms with Crippen molar-refractivity contribution in [2.45, 2.75) is 6.92 Å². The van der Waals surface area contributed by atoms with Crippen LogP contribution in [-0.4, -0.2) is 15.1 Å². The highest BCUT2D eigenvalue weighted by Gasteiger charge is 2.13. The van der Waals surface area contributed by atoms with Gasteiger partial charge in [0, 0.05) is 11.5 Å². The number of hydrogen-bond acceptors (Lipinski definition) is 3. The number of aromatic nitrogens is 2. The maximum atomic E-state index is 10.6. The molecule has 0 atom stereocenters. The molecule has 1 aromatic carbocycles. The van der Waals surface area contributed by atoms with E-state index >= 15 is 0 Å². The molecule has 1 heterocycles. The van der Waals surface area contributed by atoms with Crippen molar-refractivity contribution in [2.24, 2.45) is 0 Å². The summed E-state index contributed by atoms with van der Waals surface area (Å²) < 4.78 is 0. The smallest absolute Gasteiger partial charge is 0.274 e.